The first-order chi connectivity index (χ1) is 13.2. The summed E-state index contributed by atoms with van der Waals surface area (Å²) in [6, 6.07) is 16.6. The Kier molecular flexibility index (Phi) is 5.53. The Bertz CT molecular complexity index is 944. The summed E-state index contributed by atoms with van der Waals surface area (Å²) in [5, 5.41) is 4.30. The molecule has 140 valence electrons. The topological polar surface area (TPSA) is 42.8 Å². The highest BCUT2D eigenvalue weighted by Gasteiger charge is 2.18. The summed E-state index contributed by atoms with van der Waals surface area (Å²) >= 11 is 1.57. The molecule has 1 saturated heterocycles. The van der Waals surface area contributed by atoms with Crippen molar-refractivity contribution in [2.24, 2.45) is 0 Å². The van der Waals surface area contributed by atoms with Gasteiger partial charge in [0.2, 0.25) is 0 Å². The highest BCUT2D eigenvalue weighted by Crippen LogP contribution is 2.30. The Morgan fingerprint density at radius 3 is 2.56 bits per heavy atom. The van der Waals surface area contributed by atoms with Crippen molar-refractivity contribution in [2.75, 3.05) is 26.3 Å². The maximum Gasteiger partial charge on any atom is 0.261 e. The number of thiophene rings is 1. The van der Waals surface area contributed by atoms with E-state index in [1.807, 2.05) is 25.1 Å². The number of ether oxygens (including phenoxy) is 1. The van der Waals surface area contributed by atoms with E-state index in [9.17, 15) is 4.79 Å². The van der Waals surface area contributed by atoms with Crippen LogP contribution in [-0.4, -0.2) is 32.2 Å². The average molecular weight is 382 g/mol. The number of fused-ring (bicyclic) bond motifs is 1. The monoisotopic (exact) mass is 381 g/mol. The van der Waals surface area contributed by atoms with Crippen LogP contribution in [0.2, 0.25) is 0 Å². The van der Waals surface area contributed by atoms with Gasteiger partial charge in [-0.2, -0.15) is 0 Å². The Morgan fingerprint density at radius 2 is 1.78 bits per heavy atom. The van der Waals surface area contributed by atoms with Crippen LogP contribution in [0.25, 0.3) is 10.1 Å². The van der Waals surface area contributed by atoms with Gasteiger partial charge in [0.25, 0.3) is 5.91 Å². The second-order valence-corrected chi connectivity index (χ2v) is 8.10. The van der Waals surface area contributed by atoms with E-state index in [1.165, 1.54) is 16.5 Å². The minimum Gasteiger partial charge on any atom is -0.370 e. The van der Waals surface area contributed by atoms with Crippen molar-refractivity contribution in [1.82, 2.24) is 5.32 Å². The van der Waals surface area contributed by atoms with E-state index in [2.05, 4.69) is 35.6 Å². The quantitative estimate of drug-likeness (QED) is 0.713. The predicted octanol–water partition coefficient (Wildman–Crippen LogP) is 2.55. The number of nitrogens with one attached hydrogen (secondary N) is 2. The molecule has 0 radical (unpaired) electrons. The number of amides is 1. The molecule has 0 atom stereocenters. The van der Waals surface area contributed by atoms with E-state index in [0.717, 1.165) is 48.0 Å². The van der Waals surface area contributed by atoms with Gasteiger partial charge in [0.15, 0.2) is 0 Å². The first-order valence-electron chi connectivity index (χ1n) is 9.47. The van der Waals surface area contributed by atoms with Crippen molar-refractivity contribution in [3.63, 3.8) is 0 Å². The van der Waals surface area contributed by atoms with Gasteiger partial charge in [0.1, 0.15) is 19.6 Å². The fraction of sp³-hybridized carbons (Fsp3) is 0.318. The number of rotatable bonds is 5. The van der Waals surface area contributed by atoms with Crippen LogP contribution in [0.15, 0.2) is 48.5 Å². The van der Waals surface area contributed by atoms with E-state index in [4.69, 9.17) is 4.74 Å². The van der Waals surface area contributed by atoms with E-state index < -0.39 is 0 Å². The second kappa shape index (κ2) is 8.21. The molecule has 0 aliphatic carbocycles. The van der Waals surface area contributed by atoms with E-state index in [-0.39, 0.29) is 5.91 Å². The summed E-state index contributed by atoms with van der Waals surface area (Å²) in [6.07, 6.45) is 0. The van der Waals surface area contributed by atoms with E-state index in [1.54, 1.807) is 16.2 Å². The molecule has 0 saturated carbocycles. The van der Waals surface area contributed by atoms with Crippen LogP contribution in [-0.2, 0) is 17.8 Å². The van der Waals surface area contributed by atoms with Gasteiger partial charge in [-0.15, -0.1) is 11.3 Å². The van der Waals surface area contributed by atoms with Crippen LogP contribution in [0.4, 0.5) is 0 Å². The minimum absolute atomic E-state index is 0.0159. The van der Waals surface area contributed by atoms with Gasteiger partial charge in [0, 0.05) is 16.8 Å². The molecular formula is C22H25N2O2S+. The smallest absolute Gasteiger partial charge is 0.261 e. The maximum absolute atomic E-state index is 12.8. The highest BCUT2D eigenvalue weighted by molar-refractivity contribution is 7.21. The zero-order valence-electron chi connectivity index (χ0n) is 15.6. The number of aryl methyl sites for hydroxylation is 1. The maximum atomic E-state index is 12.8. The Morgan fingerprint density at radius 1 is 1.07 bits per heavy atom. The van der Waals surface area contributed by atoms with Crippen molar-refractivity contribution in [2.45, 2.75) is 20.0 Å². The number of carbonyl (C=O) groups excluding carboxylic acids is 1. The summed E-state index contributed by atoms with van der Waals surface area (Å²) in [6.45, 7) is 7.33. The van der Waals surface area contributed by atoms with Crippen LogP contribution in [0.1, 0.15) is 26.4 Å². The molecule has 1 amide bonds. The molecule has 2 N–H and O–H groups in total. The number of hydrogen-bond donors (Lipinski definition) is 2. The van der Waals surface area contributed by atoms with Gasteiger partial charge in [-0.3, -0.25) is 4.79 Å². The molecule has 1 aromatic heterocycles. The first kappa shape index (κ1) is 18.2. The van der Waals surface area contributed by atoms with Crippen LogP contribution < -0.4 is 10.2 Å². The van der Waals surface area contributed by atoms with Crippen LogP contribution in [0.5, 0.6) is 0 Å². The molecule has 0 spiro atoms. The molecular weight excluding hydrogens is 356 g/mol. The lowest BCUT2D eigenvalue weighted by molar-refractivity contribution is -0.921. The third kappa shape index (κ3) is 4.05. The molecule has 0 unspecified atom stereocenters. The summed E-state index contributed by atoms with van der Waals surface area (Å²) in [5.41, 5.74) is 3.57. The summed E-state index contributed by atoms with van der Waals surface area (Å²) in [5.74, 6) is 0.0159. The SMILES string of the molecule is Cc1c(C(=O)NCc2ccccc2C[NH+]2CCOCC2)sc2ccccc12. The molecule has 1 aliphatic heterocycles. The number of carbonyl (C=O) groups is 1. The predicted molar refractivity (Wildman–Crippen MR) is 109 cm³/mol. The molecule has 4 rings (SSSR count). The lowest BCUT2D eigenvalue weighted by Crippen LogP contribution is -3.12. The minimum atomic E-state index is 0.0159. The van der Waals surface area contributed by atoms with Gasteiger partial charge < -0.3 is 15.0 Å². The third-order valence-electron chi connectivity index (χ3n) is 5.25. The van der Waals surface area contributed by atoms with E-state index in [0.29, 0.717) is 6.54 Å². The molecule has 27 heavy (non-hydrogen) atoms. The lowest BCUT2D eigenvalue weighted by Gasteiger charge is -2.24. The standard InChI is InChI=1S/C22H24N2O2S/c1-16-19-8-4-5-9-20(19)27-21(16)22(25)23-14-17-6-2-3-7-18(17)15-24-10-12-26-13-11-24/h2-9H,10-15H2,1H3,(H,23,25)/p+1. The van der Waals surface area contributed by atoms with Crippen molar-refractivity contribution < 1.29 is 14.4 Å². The fourth-order valence-electron chi connectivity index (χ4n) is 3.66. The molecule has 0 bridgehead atoms. The van der Waals surface area contributed by atoms with Gasteiger partial charge >= 0.3 is 0 Å². The molecule has 4 nitrogen and oxygen atoms in total. The van der Waals surface area contributed by atoms with Crippen molar-refractivity contribution in [1.29, 1.82) is 0 Å². The highest BCUT2D eigenvalue weighted by atomic mass is 32.1. The molecule has 1 fully saturated rings. The number of quaternary nitrogens is 1. The summed E-state index contributed by atoms with van der Waals surface area (Å²) in [4.78, 5) is 15.1. The summed E-state index contributed by atoms with van der Waals surface area (Å²) < 4.78 is 6.62. The number of benzene rings is 2. The fourth-order valence-corrected chi connectivity index (χ4v) is 4.78. The van der Waals surface area contributed by atoms with Gasteiger partial charge in [-0.05, 0) is 29.5 Å². The Labute approximate surface area is 163 Å². The number of morpholine rings is 1. The van der Waals surface area contributed by atoms with E-state index >= 15 is 0 Å². The largest absolute Gasteiger partial charge is 0.370 e. The molecule has 2 aromatic carbocycles. The van der Waals surface area contributed by atoms with Crippen LogP contribution in [0, 0.1) is 6.92 Å². The Hall–Kier alpha value is -2.21. The Balaban J connectivity index is 1.46. The molecule has 5 heteroatoms. The van der Waals surface area contributed by atoms with Gasteiger partial charge in [0.05, 0.1) is 18.1 Å². The molecule has 1 aliphatic rings. The number of hydrogen-bond acceptors (Lipinski definition) is 3. The first-order valence-corrected chi connectivity index (χ1v) is 10.3. The average Bonchev–Trinajstić information content (AvgIpc) is 3.05. The van der Waals surface area contributed by atoms with Crippen molar-refractivity contribution in [3.8, 4) is 0 Å². The van der Waals surface area contributed by atoms with Crippen molar-refractivity contribution >= 4 is 27.3 Å². The van der Waals surface area contributed by atoms with Gasteiger partial charge in [-0.25, -0.2) is 0 Å². The normalized spacial score (nSPS) is 15.1. The zero-order chi connectivity index (χ0) is 18.6. The zero-order valence-corrected chi connectivity index (χ0v) is 16.4. The molecule has 3 aromatic rings. The third-order valence-corrected chi connectivity index (χ3v) is 6.52. The van der Waals surface area contributed by atoms with Crippen LogP contribution >= 0.6 is 11.3 Å². The van der Waals surface area contributed by atoms with Crippen LogP contribution in [0.3, 0.4) is 0 Å². The van der Waals surface area contributed by atoms with Gasteiger partial charge in [-0.1, -0.05) is 42.5 Å². The van der Waals surface area contributed by atoms with Crippen molar-refractivity contribution in [3.05, 3.63) is 70.1 Å². The second-order valence-electron chi connectivity index (χ2n) is 7.04. The lowest BCUT2D eigenvalue weighted by atomic mass is 10.1. The molecule has 2 heterocycles. The summed E-state index contributed by atoms with van der Waals surface area (Å²) in [7, 11) is 0.